The quantitative estimate of drug-likeness (QED) is 0.712. The molecule has 0 saturated carbocycles. The van der Waals surface area contributed by atoms with Crippen LogP contribution in [0.4, 0.5) is 0 Å². The minimum atomic E-state index is -0.659. The fraction of sp³-hybridized carbons (Fsp3) is 0.909. The summed E-state index contributed by atoms with van der Waals surface area (Å²) in [7, 11) is 1.45. The molecule has 1 aliphatic heterocycles. The van der Waals surface area contributed by atoms with Crippen LogP contribution in [0.5, 0.6) is 0 Å². The minimum absolute atomic E-state index is 0.0875. The zero-order valence-corrected chi connectivity index (χ0v) is 10.1. The van der Waals surface area contributed by atoms with Gasteiger partial charge in [-0.3, -0.25) is 0 Å². The second kappa shape index (κ2) is 6.18. The first kappa shape index (κ1) is 13.4. The summed E-state index contributed by atoms with van der Waals surface area (Å²) in [5.74, 6) is -0.378. The molecule has 0 amide bonds. The standard InChI is InChI=1S/C11H21NO4/c1-7-4-9(5-8(2)15-7)16-11(13)10(6-12)14-3/h7-10H,4-6,12H2,1-3H3. The van der Waals surface area contributed by atoms with Gasteiger partial charge < -0.3 is 19.9 Å². The van der Waals surface area contributed by atoms with Crippen molar-refractivity contribution in [1.29, 1.82) is 0 Å². The van der Waals surface area contributed by atoms with Crippen molar-refractivity contribution in [3.8, 4) is 0 Å². The molecule has 1 aliphatic rings. The maximum Gasteiger partial charge on any atom is 0.336 e. The number of carbonyl (C=O) groups excluding carboxylic acids is 1. The summed E-state index contributed by atoms with van der Waals surface area (Å²) in [4.78, 5) is 11.6. The molecule has 3 unspecified atom stereocenters. The van der Waals surface area contributed by atoms with E-state index in [9.17, 15) is 4.79 Å². The van der Waals surface area contributed by atoms with Gasteiger partial charge in [-0.1, -0.05) is 0 Å². The van der Waals surface area contributed by atoms with Crippen LogP contribution in [0, 0.1) is 0 Å². The highest BCUT2D eigenvalue weighted by Crippen LogP contribution is 2.22. The molecular formula is C11H21NO4. The fourth-order valence-corrected chi connectivity index (χ4v) is 1.97. The number of hydrogen-bond donors (Lipinski definition) is 1. The van der Waals surface area contributed by atoms with Crippen molar-refractivity contribution >= 4 is 5.97 Å². The van der Waals surface area contributed by atoms with Gasteiger partial charge in [-0.2, -0.15) is 0 Å². The largest absolute Gasteiger partial charge is 0.460 e. The molecular weight excluding hydrogens is 210 g/mol. The number of nitrogens with two attached hydrogens (primary N) is 1. The normalized spacial score (nSPS) is 32.1. The maximum absolute atomic E-state index is 11.6. The summed E-state index contributed by atoms with van der Waals surface area (Å²) in [5.41, 5.74) is 5.39. The van der Waals surface area contributed by atoms with Crippen LogP contribution in [0.1, 0.15) is 26.7 Å². The molecule has 1 rings (SSSR count). The van der Waals surface area contributed by atoms with Crippen LogP contribution in [-0.2, 0) is 19.0 Å². The van der Waals surface area contributed by atoms with Crippen LogP contribution in [0.25, 0.3) is 0 Å². The molecule has 0 radical (unpaired) electrons. The highest BCUT2D eigenvalue weighted by atomic mass is 16.6. The average molecular weight is 231 g/mol. The summed E-state index contributed by atoms with van der Waals surface area (Å²) in [5, 5.41) is 0. The molecule has 1 fully saturated rings. The Balaban J connectivity index is 2.43. The smallest absolute Gasteiger partial charge is 0.336 e. The average Bonchev–Trinajstić information content (AvgIpc) is 2.17. The highest BCUT2D eigenvalue weighted by Gasteiger charge is 2.29. The SMILES string of the molecule is COC(CN)C(=O)OC1CC(C)OC(C)C1. The van der Waals surface area contributed by atoms with Crippen LogP contribution in [0.15, 0.2) is 0 Å². The molecule has 0 aliphatic carbocycles. The van der Waals surface area contributed by atoms with Crippen LogP contribution in [-0.4, -0.2) is 44.0 Å². The third kappa shape index (κ3) is 3.73. The highest BCUT2D eigenvalue weighted by molar-refractivity contribution is 5.75. The zero-order valence-electron chi connectivity index (χ0n) is 10.1. The Hall–Kier alpha value is -0.650. The Bertz CT molecular complexity index is 220. The van der Waals surface area contributed by atoms with Crippen molar-refractivity contribution < 1.29 is 19.0 Å². The third-order valence-electron chi connectivity index (χ3n) is 2.70. The number of esters is 1. The van der Waals surface area contributed by atoms with Gasteiger partial charge in [0, 0.05) is 26.5 Å². The Kier molecular flexibility index (Phi) is 5.18. The number of methoxy groups -OCH3 is 1. The van der Waals surface area contributed by atoms with Gasteiger partial charge in [-0.25, -0.2) is 4.79 Å². The first-order valence-corrected chi connectivity index (χ1v) is 5.65. The Morgan fingerprint density at radius 2 is 2.00 bits per heavy atom. The van der Waals surface area contributed by atoms with Gasteiger partial charge in [-0.15, -0.1) is 0 Å². The molecule has 0 aromatic carbocycles. The van der Waals surface area contributed by atoms with Crippen molar-refractivity contribution in [2.75, 3.05) is 13.7 Å². The van der Waals surface area contributed by atoms with E-state index in [4.69, 9.17) is 19.9 Å². The van der Waals surface area contributed by atoms with Gasteiger partial charge in [0.15, 0.2) is 6.10 Å². The van der Waals surface area contributed by atoms with E-state index in [2.05, 4.69) is 0 Å². The van der Waals surface area contributed by atoms with E-state index in [1.807, 2.05) is 13.8 Å². The van der Waals surface area contributed by atoms with Crippen LogP contribution in [0.2, 0.25) is 0 Å². The van der Waals surface area contributed by atoms with E-state index in [1.54, 1.807) is 0 Å². The number of rotatable bonds is 4. The summed E-state index contributed by atoms with van der Waals surface area (Å²) in [6.45, 7) is 4.10. The van der Waals surface area contributed by atoms with Gasteiger partial charge in [-0.05, 0) is 13.8 Å². The van der Waals surface area contributed by atoms with Crippen LogP contribution >= 0.6 is 0 Å². The van der Waals surface area contributed by atoms with Crippen molar-refractivity contribution in [2.24, 2.45) is 5.73 Å². The first-order valence-electron chi connectivity index (χ1n) is 5.65. The van der Waals surface area contributed by atoms with Gasteiger partial charge in [0.05, 0.1) is 12.2 Å². The second-order valence-electron chi connectivity index (χ2n) is 4.25. The summed E-state index contributed by atoms with van der Waals surface area (Å²) in [6, 6.07) is 0. The van der Waals surface area contributed by atoms with Gasteiger partial charge in [0.1, 0.15) is 6.10 Å². The number of hydrogen-bond acceptors (Lipinski definition) is 5. The topological polar surface area (TPSA) is 70.8 Å². The molecule has 0 bridgehead atoms. The molecule has 2 N–H and O–H groups in total. The van der Waals surface area contributed by atoms with E-state index < -0.39 is 6.10 Å². The molecule has 3 atom stereocenters. The minimum Gasteiger partial charge on any atom is -0.460 e. The summed E-state index contributed by atoms with van der Waals surface area (Å²) >= 11 is 0. The maximum atomic E-state index is 11.6. The zero-order chi connectivity index (χ0) is 12.1. The molecule has 5 nitrogen and oxygen atoms in total. The van der Waals surface area contributed by atoms with E-state index in [0.29, 0.717) is 0 Å². The molecule has 1 heterocycles. The van der Waals surface area contributed by atoms with Crippen LogP contribution < -0.4 is 5.73 Å². The molecule has 94 valence electrons. The molecule has 16 heavy (non-hydrogen) atoms. The van der Waals surface area contributed by atoms with Gasteiger partial charge >= 0.3 is 5.97 Å². The predicted molar refractivity (Wildman–Crippen MR) is 59.0 cm³/mol. The summed E-state index contributed by atoms with van der Waals surface area (Å²) in [6.07, 6.45) is 0.971. The Labute approximate surface area is 96.2 Å². The first-order chi connectivity index (χ1) is 7.56. The number of carbonyl (C=O) groups is 1. The Morgan fingerprint density at radius 3 is 2.44 bits per heavy atom. The predicted octanol–water partition coefficient (Wildman–Crippen LogP) is 0.459. The van der Waals surface area contributed by atoms with Crippen LogP contribution in [0.3, 0.4) is 0 Å². The molecule has 0 aromatic heterocycles. The van der Waals surface area contributed by atoms with Crippen molar-refractivity contribution in [1.82, 2.24) is 0 Å². The third-order valence-corrected chi connectivity index (χ3v) is 2.70. The lowest BCUT2D eigenvalue weighted by atomic mass is 10.0. The fourth-order valence-electron chi connectivity index (χ4n) is 1.97. The van der Waals surface area contributed by atoms with E-state index >= 15 is 0 Å². The van der Waals surface area contributed by atoms with Gasteiger partial charge in [0.25, 0.3) is 0 Å². The Morgan fingerprint density at radius 1 is 1.44 bits per heavy atom. The van der Waals surface area contributed by atoms with Gasteiger partial charge in [0.2, 0.25) is 0 Å². The molecule has 5 heteroatoms. The van der Waals surface area contributed by atoms with Crippen molar-refractivity contribution in [2.45, 2.75) is 51.1 Å². The molecule has 1 saturated heterocycles. The van der Waals surface area contributed by atoms with E-state index in [1.165, 1.54) is 7.11 Å². The lowest BCUT2D eigenvalue weighted by molar-refractivity contribution is -0.170. The number of ether oxygens (including phenoxy) is 3. The van der Waals surface area contributed by atoms with E-state index in [-0.39, 0.29) is 30.8 Å². The van der Waals surface area contributed by atoms with Crippen molar-refractivity contribution in [3.05, 3.63) is 0 Å². The molecule has 0 spiro atoms. The molecule has 0 aromatic rings. The van der Waals surface area contributed by atoms with Crippen molar-refractivity contribution in [3.63, 3.8) is 0 Å². The lowest BCUT2D eigenvalue weighted by Gasteiger charge is -2.32. The van der Waals surface area contributed by atoms with E-state index in [0.717, 1.165) is 12.8 Å². The second-order valence-corrected chi connectivity index (χ2v) is 4.25. The monoisotopic (exact) mass is 231 g/mol. The summed E-state index contributed by atoms with van der Waals surface area (Å²) < 4.78 is 15.8. The lowest BCUT2D eigenvalue weighted by Crippen LogP contribution is -2.40.